The molecule has 5 heteroatoms. The van der Waals surface area contributed by atoms with E-state index in [1.54, 1.807) is 6.07 Å². The Morgan fingerprint density at radius 2 is 2.17 bits per heavy atom. The second-order valence-electron chi connectivity index (χ2n) is 4.59. The highest BCUT2D eigenvalue weighted by molar-refractivity contribution is 5.81. The van der Waals surface area contributed by atoms with E-state index in [0.29, 0.717) is 5.56 Å². The van der Waals surface area contributed by atoms with Crippen LogP contribution in [0, 0.1) is 11.7 Å². The number of carbonyl (C=O) groups excluding carboxylic acids is 1. The first kappa shape index (κ1) is 14.6. The molecule has 0 saturated heterocycles. The summed E-state index contributed by atoms with van der Waals surface area (Å²) in [5, 5.41) is 12.3. The fourth-order valence-corrected chi connectivity index (χ4v) is 1.45. The highest BCUT2D eigenvalue weighted by atomic mass is 19.1. The highest BCUT2D eigenvalue weighted by Gasteiger charge is 2.18. The molecule has 0 spiro atoms. The predicted octanol–water partition coefficient (Wildman–Crippen LogP) is 0.959. The Kier molecular flexibility index (Phi) is 5.25. The van der Waals surface area contributed by atoms with Crippen molar-refractivity contribution < 1.29 is 14.3 Å². The lowest BCUT2D eigenvalue weighted by molar-refractivity contribution is -0.123. The van der Waals surface area contributed by atoms with Gasteiger partial charge in [0.1, 0.15) is 5.82 Å². The third-order valence-corrected chi connectivity index (χ3v) is 2.72. The molecule has 2 atom stereocenters. The van der Waals surface area contributed by atoms with Gasteiger partial charge < -0.3 is 16.2 Å². The molecule has 0 aromatic heterocycles. The Morgan fingerprint density at radius 1 is 1.50 bits per heavy atom. The molecular weight excluding hydrogens is 235 g/mol. The summed E-state index contributed by atoms with van der Waals surface area (Å²) in [6.45, 7) is 3.70. The Labute approximate surface area is 106 Å². The van der Waals surface area contributed by atoms with Gasteiger partial charge in [-0.2, -0.15) is 0 Å². The van der Waals surface area contributed by atoms with Crippen molar-refractivity contribution in [2.24, 2.45) is 11.7 Å². The molecular formula is C13H19FN2O2. The lowest BCUT2D eigenvalue weighted by Crippen LogP contribution is -2.45. The van der Waals surface area contributed by atoms with Crippen LogP contribution in [0.4, 0.5) is 4.39 Å². The average molecular weight is 254 g/mol. The van der Waals surface area contributed by atoms with E-state index < -0.39 is 18.0 Å². The van der Waals surface area contributed by atoms with Gasteiger partial charge in [0.25, 0.3) is 0 Å². The van der Waals surface area contributed by atoms with Crippen molar-refractivity contribution in [3.05, 3.63) is 35.6 Å². The molecule has 4 nitrogen and oxygen atoms in total. The minimum absolute atomic E-state index is 0.0166. The van der Waals surface area contributed by atoms with Crippen molar-refractivity contribution in [3.63, 3.8) is 0 Å². The topological polar surface area (TPSA) is 75.4 Å². The largest absolute Gasteiger partial charge is 0.387 e. The molecule has 0 heterocycles. The monoisotopic (exact) mass is 254 g/mol. The zero-order valence-corrected chi connectivity index (χ0v) is 10.6. The fourth-order valence-electron chi connectivity index (χ4n) is 1.45. The zero-order chi connectivity index (χ0) is 13.7. The van der Waals surface area contributed by atoms with Crippen molar-refractivity contribution in [1.82, 2.24) is 5.32 Å². The average Bonchev–Trinajstić information content (AvgIpc) is 2.34. The van der Waals surface area contributed by atoms with E-state index in [0.717, 1.165) is 0 Å². The summed E-state index contributed by atoms with van der Waals surface area (Å²) >= 11 is 0. The van der Waals surface area contributed by atoms with E-state index in [1.165, 1.54) is 18.2 Å². The normalized spacial score (nSPS) is 14.3. The van der Waals surface area contributed by atoms with Gasteiger partial charge in [0.05, 0.1) is 12.1 Å². The molecule has 0 fully saturated rings. The highest BCUT2D eigenvalue weighted by Crippen LogP contribution is 2.13. The van der Waals surface area contributed by atoms with Crippen LogP contribution in [0.2, 0.25) is 0 Å². The maximum atomic E-state index is 12.9. The number of hydrogen-bond donors (Lipinski definition) is 3. The van der Waals surface area contributed by atoms with E-state index in [4.69, 9.17) is 5.73 Å². The number of benzene rings is 1. The van der Waals surface area contributed by atoms with Gasteiger partial charge in [0, 0.05) is 6.54 Å². The molecule has 0 bridgehead atoms. The van der Waals surface area contributed by atoms with E-state index in [1.807, 2.05) is 13.8 Å². The van der Waals surface area contributed by atoms with Gasteiger partial charge in [0.2, 0.25) is 5.91 Å². The maximum absolute atomic E-state index is 12.9. The fraction of sp³-hybridized carbons (Fsp3) is 0.462. The van der Waals surface area contributed by atoms with Crippen LogP contribution >= 0.6 is 0 Å². The molecule has 1 amide bonds. The standard InChI is InChI=1S/C13H19FN2O2/c1-8(2)12(15)13(18)16-7-11(17)9-4-3-5-10(14)6-9/h3-6,8,11-12,17H,7,15H2,1-2H3,(H,16,18)/t11?,12-/m0/s1. The third-order valence-electron chi connectivity index (χ3n) is 2.72. The quantitative estimate of drug-likeness (QED) is 0.732. The first-order valence-corrected chi connectivity index (χ1v) is 5.88. The number of hydrogen-bond acceptors (Lipinski definition) is 3. The number of nitrogens with one attached hydrogen (secondary N) is 1. The summed E-state index contributed by atoms with van der Waals surface area (Å²) in [6.07, 6.45) is -0.941. The zero-order valence-electron chi connectivity index (χ0n) is 10.6. The van der Waals surface area contributed by atoms with Crippen LogP contribution < -0.4 is 11.1 Å². The van der Waals surface area contributed by atoms with Crippen LogP contribution in [0.1, 0.15) is 25.5 Å². The van der Waals surface area contributed by atoms with E-state index in [2.05, 4.69) is 5.32 Å². The van der Waals surface area contributed by atoms with Crippen molar-refractivity contribution in [2.45, 2.75) is 26.0 Å². The molecule has 0 aliphatic heterocycles. The first-order valence-electron chi connectivity index (χ1n) is 5.88. The van der Waals surface area contributed by atoms with Crippen molar-refractivity contribution in [3.8, 4) is 0 Å². The molecule has 1 rings (SSSR count). The van der Waals surface area contributed by atoms with Crippen molar-refractivity contribution >= 4 is 5.91 Å². The van der Waals surface area contributed by atoms with Crippen LogP contribution in [0.3, 0.4) is 0 Å². The lowest BCUT2D eigenvalue weighted by Gasteiger charge is -2.17. The Balaban J connectivity index is 2.51. The van der Waals surface area contributed by atoms with Gasteiger partial charge in [0.15, 0.2) is 0 Å². The first-order chi connectivity index (χ1) is 8.41. The Bertz CT molecular complexity index is 410. The van der Waals surface area contributed by atoms with Gasteiger partial charge in [-0.25, -0.2) is 4.39 Å². The molecule has 0 aliphatic rings. The summed E-state index contributed by atoms with van der Waals surface area (Å²) in [5.41, 5.74) is 6.08. The maximum Gasteiger partial charge on any atom is 0.237 e. The van der Waals surface area contributed by atoms with Crippen LogP contribution in [0.25, 0.3) is 0 Å². The van der Waals surface area contributed by atoms with Crippen LogP contribution in [0.15, 0.2) is 24.3 Å². The number of amides is 1. The number of aliphatic hydroxyl groups excluding tert-OH is 1. The van der Waals surface area contributed by atoms with Gasteiger partial charge in [-0.15, -0.1) is 0 Å². The molecule has 0 aliphatic carbocycles. The minimum Gasteiger partial charge on any atom is -0.387 e. The third kappa shape index (κ3) is 4.09. The number of nitrogens with two attached hydrogens (primary N) is 1. The molecule has 0 radical (unpaired) electrons. The summed E-state index contributed by atoms with van der Waals surface area (Å²) in [6, 6.07) is 5.03. The molecule has 0 saturated carbocycles. The van der Waals surface area contributed by atoms with Crippen LogP contribution in [-0.2, 0) is 4.79 Å². The van der Waals surface area contributed by atoms with E-state index >= 15 is 0 Å². The van der Waals surface area contributed by atoms with Crippen LogP contribution in [-0.4, -0.2) is 23.6 Å². The van der Waals surface area contributed by atoms with Crippen molar-refractivity contribution in [2.75, 3.05) is 6.54 Å². The second kappa shape index (κ2) is 6.47. The summed E-state index contributed by atoms with van der Waals surface area (Å²) < 4.78 is 12.9. The molecule has 18 heavy (non-hydrogen) atoms. The number of carbonyl (C=O) groups is 1. The van der Waals surface area contributed by atoms with Gasteiger partial charge in [-0.1, -0.05) is 26.0 Å². The van der Waals surface area contributed by atoms with Gasteiger partial charge in [-0.05, 0) is 23.6 Å². The van der Waals surface area contributed by atoms with E-state index in [9.17, 15) is 14.3 Å². The van der Waals surface area contributed by atoms with Crippen molar-refractivity contribution in [1.29, 1.82) is 0 Å². The van der Waals surface area contributed by atoms with Crippen LogP contribution in [0.5, 0.6) is 0 Å². The predicted molar refractivity (Wildman–Crippen MR) is 67.2 cm³/mol. The smallest absolute Gasteiger partial charge is 0.237 e. The van der Waals surface area contributed by atoms with E-state index in [-0.39, 0.29) is 18.4 Å². The molecule has 100 valence electrons. The number of halogens is 1. The number of rotatable bonds is 5. The molecule has 1 unspecified atom stereocenters. The van der Waals surface area contributed by atoms with Gasteiger partial charge in [-0.3, -0.25) is 4.79 Å². The SMILES string of the molecule is CC(C)[C@H](N)C(=O)NCC(O)c1cccc(F)c1. The summed E-state index contributed by atoms with van der Waals surface area (Å²) in [7, 11) is 0. The molecule has 1 aromatic rings. The minimum atomic E-state index is -0.941. The summed E-state index contributed by atoms with van der Waals surface area (Å²) in [5.74, 6) is -0.714. The second-order valence-corrected chi connectivity index (χ2v) is 4.59. The Hall–Kier alpha value is -1.46. The lowest BCUT2D eigenvalue weighted by atomic mass is 10.0. The molecule has 1 aromatic carbocycles. The Morgan fingerprint density at radius 3 is 2.72 bits per heavy atom. The molecule has 4 N–H and O–H groups in total. The number of aliphatic hydroxyl groups is 1. The van der Waals surface area contributed by atoms with Gasteiger partial charge >= 0.3 is 0 Å². The summed E-state index contributed by atoms with van der Waals surface area (Å²) in [4.78, 5) is 11.6.